The van der Waals surface area contributed by atoms with Crippen LogP contribution < -0.4 is 4.74 Å². The van der Waals surface area contributed by atoms with E-state index in [1.54, 1.807) is 12.1 Å². The zero-order chi connectivity index (χ0) is 15.5. The van der Waals surface area contributed by atoms with Crippen LogP contribution in [0.25, 0.3) is 5.69 Å². The molecule has 0 aliphatic rings. The Labute approximate surface area is 134 Å². The number of aromatic nitrogens is 5. The van der Waals surface area contributed by atoms with Crippen molar-refractivity contribution in [2.75, 3.05) is 0 Å². The highest BCUT2D eigenvalue weighted by atomic mass is 35.5. The largest absolute Gasteiger partial charge is 0.457 e. The van der Waals surface area contributed by atoms with Gasteiger partial charge in [0.25, 0.3) is 0 Å². The van der Waals surface area contributed by atoms with Gasteiger partial charge in [-0.2, -0.15) is 0 Å². The Kier molecular flexibility index (Phi) is 4.17. The molecule has 0 amide bonds. The normalized spacial score (nSPS) is 10.7. The van der Waals surface area contributed by atoms with Gasteiger partial charge in [-0.1, -0.05) is 34.5 Å². The number of ether oxygens (including phenoxy) is 1. The molecule has 0 unspecified atom stereocenters. The first-order valence-electron chi connectivity index (χ1n) is 6.09. The summed E-state index contributed by atoms with van der Waals surface area (Å²) in [5.41, 5.74) is 0.687. The van der Waals surface area contributed by atoms with Crippen molar-refractivity contribution in [3.05, 3.63) is 58.3 Å². The first kappa shape index (κ1) is 14.7. The van der Waals surface area contributed by atoms with Crippen molar-refractivity contribution >= 4 is 23.2 Å². The number of nitrogens with zero attached hydrogens (tertiary/aromatic N) is 5. The van der Waals surface area contributed by atoms with Crippen molar-refractivity contribution < 1.29 is 9.13 Å². The fourth-order valence-electron chi connectivity index (χ4n) is 1.67. The lowest BCUT2D eigenvalue weighted by Gasteiger charge is -2.03. The average molecular weight is 340 g/mol. The average Bonchev–Trinajstić information content (AvgIpc) is 2.98. The van der Waals surface area contributed by atoms with E-state index in [0.29, 0.717) is 10.7 Å². The molecule has 9 heteroatoms. The second-order valence-corrected chi connectivity index (χ2v) is 5.04. The highest BCUT2D eigenvalue weighted by Crippen LogP contribution is 2.20. The van der Waals surface area contributed by atoms with E-state index in [1.807, 2.05) is 0 Å². The number of benzene rings is 1. The van der Waals surface area contributed by atoms with E-state index in [4.69, 9.17) is 27.9 Å². The summed E-state index contributed by atoms with van der Waals surface area (Å²) in [6.07, 6.45) is 4.37. The standard InChI is InChI=1S/C13H8Cl2FN5O/c14-8-4-17-13(18-5-8)22-7-9-6-21(20-19-9)11-3-1-2-10(15)12(11)16/h1-6H,7H2. The SMILES string of the molecule is Fc1c(Cl)cccc1-n1cc(COc2ncc(Cl)cn2)nn1. The third-order valence-corrected chi connectivity index (χ3v) is 3.15. The van der Waals surface area contributed by atoms with E-state index in [0.717, 1.165) is 0 Å². The Balaban J connectivity index is 1.74. The van der Waals surface area contributed by atoms with Crippen LogP contribution in [-0.2, 0) is 6.61 Å². The minimum absolute atomic E-state index is 0.0142. The van der Waals surface area contributed by atoms with E-state index in [2.05, 4.69) is 20.3 Å². The molecular weight excluding hydrogens is 332 g/mol. The predicted octanol–water partition coefficient (Wildman–Crippen LogP) is 3.08. The molecule has 0 fully saturated rings. The van der Waals surface area contributed by atoms with Crippen LogP contribution in [0.15, 0.2) is 36.8 Å². The van der Waals surface area contributed by atoms with Gasteiger partial charge in [0.1, 0.15) is 18.0 Å². The lowest BCUT2D eigenvalue weighted by molar-refractivity contribution is 0.276. The molecule has 0 saturated carbocycles. The van der Waals surface area contributed by atoms with Gasteiger partial charge >= 0.3 is 6.01 Å². The molecule has 0 aliphatic carbocycles. The van der Waals surface area contributed by atoms with Gasteiger partial charge in [0.2, 0.25) is 0 Å². The molecule has 1 aromatic carbocycles. The van der Waals surface area contributed by atoms with E-state index < -0.39 is 5.82 Å². The number of halogens is 3. The Bertz CT molecular complexity index is 793. The fraction of sp³-hybridized carbons (Fsp3) is 0.0769. The van der Waals surface area contributed by atoms with Gasteiger partial charge < -0.3 is 4.74 Å². The Hall–Kier alpha value is -2.25. The summed E-state index contributed by atoms with van der Waals surface area (Å²) < 4.78 is 20.5. The third-order valence-electron chi connectivity index (χ3n) is 2.66. The molecule has 3 aromatic rings. The van der Waals surface area contributed by atoms with Crippen molar-refractivity contribution in [1.29, 1.82) is 0 Å². The molecule has 0 N–H and O–H groups in total. The van der Waals surface area contributed by atoms with Crippen molar-refractivity contribution in [3.63, 3.8) is 0 Å². The van der Waals surface area contributed by atoms with Crippen LogP contribution in [0.1, 0.15) is 5.69 Å². The molecule has 0 bridgehead atoms. The molecule has 22 heavy (non-hydrogen) atoms. The summed E-state index contributed by atoms with van der Waals surface area (Å²) in [7, 11) is 0. The van der Waals surface area contributed by atoms with Crippen LogP contribution in [-0.4, -0.2) is 25.0 Å². The van der Waals surface area contributed by atoms with Gasteiger partial charge in [0, 0.05) is 0 Å². The second-order valence-electron chi connectivity index (χ2n) is 4.20. The van der Waals surface area contributed by atoms with Crippen LogP contribution in [0.5, 0.6) is 6.01 Å². The highest BCUT2D eigenvalue weighted by molar-refractivity contribution is 6.31. The molecule has 112 valence electrons. The van der Waals surface area contributed by atoms with Crippen LogP contribution in [0.2, 0.25) is 10.0 Å². The van der Waals surface area contributed by atoms with E-state index >= 15 is 0 Å². The molecule has 0 spiro atoms. The number of hydrogen-bond donors (Lipinski definition) is 0. The minimum Gasteiger partial charge on any atom is -0.457 e. The smallest absolute Gasteiger partial charge is 0.316 e. The lowest BCUT2D eigenvalue weighted by Crippen LogP contribution is -2.00. The van der Waals surface area contributed by atoms with Crippen LogP contribution in [0.4, 0.5) is 4.39 Å². The van der Waals surface area contributed by atoms with Crippen molar-refractivity contribution in [1.82, 2.24) is 25.0 Å². The van der Waals surface area contributed by atoms with Gasteiger partial charge in [0.05, 0.1) is 28.6 Å². The highest BCUT2D eigenvalue weighted by Gasteiger charge is 2.11. The maximum Gasteiger partial charge on any atom is 0.316 e. The van der Waals surface area contributed by atoms with Crippen LogP contribution >= 0.6 is 23.2 Å². The van der Waals surface area contributed by atoms with Crippen LogP contribution in [0, 0.1) is 5.82 Å². The second kappa shape index (κ2) is 6.25. The molecule has 0 radical (unpaired) electrons. The quantitative estimate of drug-likeness (QED) is 0.730. The third kappa shape index (κ3) is 3.15. The zero-order valence-electron chi connectivity index (χ0n) is 10.9. The summed E-state index contributed by atoms with van der Waals surface area (Å²) in [6.45, 7) is 0.0871. The van der Waals surface area contributed by atoms with Crippen molar-refractivity contribution in [3.8, 4) is 11.7 Å². The van der Waals surface area contributed by atoms with E-state index in [1.165, 1.54) is 29.3 Å². The van der Waals surface area contributed by atoms with Crippen LogP contribution in [0.3, 0.4) is 0 Å². The molecule has 0 saturated heterocycles. The number of hydrogen-bond acceptors (Lipinski definition) is 5. The molecule has 2 heterocycles. The summed E-state index contributed by atoms with van der Waals surface area (Å²) in [5, 5.41) is 8.16. The Morgan fingerprint density at radius 1 is 1.18 bits per heavy atom. The summed E-state index contributed by atoms with van der Waals surface area (Å²) in [6, 6.07) is 4.79. The molecule has 0 atom stereocenters. The minimum atomic E-state index is -0.567. The molecule has 6 nitrogen and oxygen atoms in total. The molecule has 3 rings (SSSR count). The molecule has 2 aromatic heterocycles. The van der Waals surface area contributed by atoms with Gasteiger partial charge in [-0.3, -0.25) is 0 Å². The summed E-state index contributed by atoms with van der Waals surface area (Å²) in [5.74, 6) is -0.567. The Morgan fingerprint density at radius 2 is 1.95 bits per heavy atom. The zero-order valence-corrected chi connectivity index (χ0v) is 12.5. The van der Waals surface area contributed by atoms with E-state index in [9.17, 15) is 4.39 Å². The maximum absolute atomic E-state index is 13.9. The first-order valence-corrected chi connectivity index (χ1v) is 6.85. The maximum atomic E-state index is 13.9. The first-order chi connectivity index (χ1) is 10.6. The Morgan fingerprint density at radius 3 is 2.73 bits per heavy atom. The summed E-state index contributed by atoms with van der Waals surface area (Å²) in [4.78, 5) is 7.77. The lowest BCUT2D eigenvalue weighted by atomic mass is 10.3. The monoisotopic (exact) mass is 339 g/mol. The van der Waals surface area contributed by atoms with Gasteiger partial charge in [0.15, 0.2) is 5.82 Å². The molecular formula is C13H8Cl2FN5O. The molecule has 0 aliphatic heterocycles. The number of rotatable bonds is 4. The van der Waals surface area contributed by atoms with E-state index in [-0.39, 0.29) is 23.3 Å². The van der Waals surface area contributed by atoms with Gasteiger partial charge in [-0.25, -0.2) is 19.0 Å². The topological polar surface area (TPSA) is 65.7 Å². The fourth-order valence-corrected chi connectivity index (χ4v) is 1.93. The van der Waals surface area contributed by atoms with Crippen molar-refractivity contribution in [2.24, 2.45) is 0 Å². The predicted molar refractivity (Wildman–Crippen MR) is 77.7 cm³/mol. The van der Waals surface area contributed by atoms with Crippen molar-refractivity contribution in [2.45, 2.75) is 6.61 Å². The van der Waals surface area contributed by atoms with Gasteiger partial charge in [-0.05, 0) is 12.1 Å². The van der Waals surface area contributed by atoms with Gasteiger partial charge in [-0.15, -0.1) is 5.10 Å². The summed E-state index contributed by atoms with van der Waals surface area (Å²) >= 11 is 11.4.